The second kappa shape index (κ2) is 12.6. The van der Waals surface area contributed by atoms with Crippen LogP contribution < -0.4 is 25.0 Å². The van der Waals surface area contributed by atoms with Crippen molar-refractivity contribution in [2.45, 2.75) is 6.92 Å². The maximum Gasteiger partial charge on any atom is 0.143 e. The van der Waals surface area contributed by atoms with E-state index < -0.39 is 0 Å². The molecule has 1 aliphatic heterocycles. The minimum absolute atomic E-state index is 0.311. The molecule has 4 aromatic rings. The number of rotatable bonds is 9. The molecule has 1 saturated heterocycles. The summed E-state index contributed by atoms with van der Waals surface area (Å²) in [5.41, 5.74) is 3.99. The summed E-state index contributed by atoms with van der Waals surface area (Å²) in [6, 6.07) is 15.7. The number of methoxy groups -OCH3 is 2. The van der Waals surface area contributed by atoms with Gasteiger partial charge in [-0.05, 0) is 42.9 Å². The molecule has 1 fully saturated rings. The van der Waals surface area contributed by atoms with Crippen LogP contribution in [0.5, 0.6) is 11.5 Å². The summed E-state index contributed by atoms with van der Waals surface area (Å²) >= 11 is 13.2. The number of aromatic nitrogens is 3. The fourth-order valence-corrected chi connectivity index (χ4v) is 5.22. The molecule has 0 amide bonds. The normalized spacial score (nSPS) is 13.7. The molecule has 0 bridgehead atoms. The van der Waals surface area contributed by atoms with Crippen LogP contribution in [0.1, 0.15) is 6.92 Å². The van der Waals surface area contributed by atoms with Crippen LogP contribution in [0.3, 0.4) is 0 Å². The van der Waals surface area contributed by atoms with Crippen molar-refractivity contribution >= 4 is 51.9 Å². The summed E-state index contributed by atoms with van der Waals surface area (Å²) in [6.07, 6.45) is 3.19. The van der Waals surface area contributed by atoms with E-state index in [0.717, 1.165) is 44.0 Å². The number of nitrogens with zero attached hydrogens (tertiary/aromatic N) is 5. The molecule has 5 rings (SSSR count). The molecule has 40 heavy (non-hydrogen) atoms. The van der Waals surface area contributed by atoms with Gasteiger partial charge in [0.05, 0.1) is 25.6 Å². The van der Waals surface area contributed by atoms with Gasteiger partial charge in [-0.15, -0.1) is 0 Å². The lowest BCUT2D eigenvalue weighted by Gasteiger charge is -2.35. The van der Waals surface area contributed by atoms with Gasteiger partial charge >= 0.3 is 0 Å². The maximum atomic E-state index is 6.58. The predicted molar refractivity (Wildman–Crippen MR) is 162 cm³/mol. The third kappa shape index (κ3) is 6.01. The quantitative estimate of drug-likeness (QED) is 0.231. The zero-order chi connectivity index (χ0) is 28.1. The molecule has 9 nitrogen and oxygen atoms in total. The zero-order valence-corrected chi connectivity index (χ0v) is 24.1. The molecule has 0 radical (unpaired) electrons. The first-order chi connectivity index (χ1) is 19.5. The Hall–Kier alpha value is -3.79. The molecule has 2 aromatic heterocycles. The Morgan fingerprint density at radius 3 is 2.20 bits per heavy atom. The van der Waals surface area contributed by atoms with Crippen LogP contribution in [-0.2, 0) is 0 Å². The topological polar surface area (TPSA) is 87.7 Å². The van der Waals surface area contributed by atoms with Crippen molar-refractivity contribution in [3.05, 3.63) is 71.1 Å². The number of hydrogen-bond donors (Lipinski definition) is 2. The summed E-state index contributed by atoms with van der Waals surface area (Å²) in [6.45, 7) is 7.58. The van der Waals surface area contributed by atoms with E-state index in [9.17, 15) is 0 Å². The van der Waals surface area contributed by atoms with E-state index >= 15 is 0 Å². The highest BCUT2D eigenvalue weighted by Gasteiger charge is 2.20. The Bertz CT molecular complexity index is 1430. The zero-order valence-electron chi connectivity index (χ0n) is 22.6. The van der Waals surface area contributed by atoms with Gasteiger partial charge in [-0.1, -0.05) is 30.1 Å². The number of halogens is 2. The minimum Gasteiger partial charge on any atom is -0.495 e. The molecule has 0 aliphatic carbocycles. The monoisotopic (exact) mass is 579 g/mol. The van der Waals surface area contributed by atoms with Gasteiger partial charge in [-0.3, -0.25) is 0 Å². The molecule has 0 saturated carbocycles. The molecule has 2 N–H and O–H groups in total. The van der Waals surface area contributed by atoms with Crippen molar-refractivity contribution in [1.29, 1.82) is 0 Å². The number of ether oxygens (including phenoxy) is 2. The van der Waals surface area contributed by atoms with Gasteiger partial charge in [-0.25, -0.2) is 15.0 Å². The second-order valence-electron chi connectivity index (χ2n) is 9.19. The number of pyridine rings is 1. The van der Waals surface area contributed by atoms with Crippen molar-refractivity contribution in [3.8, 4) is 22.8 Å². The van der Waals surface area contributed by atoms with Crippen LogP contribution in [0.4, 0.5) is 28.7 Å². The van der Waals surface area contributed by atoms with Crippen LogP contribution >= 0.6 is 23.2 Å². The number of anilines is 5. The summed E-state index contributed by atoms with van der Waals surface area (Å²) in [5.74, 6) is 2.01. The highest BCUT2D eigenvalue weighted by Crippen LogP contribution is 2.45. The highest BCUT2D eigenvalue weighted by molar-refractivity contribution is 6.41. The van der Waals surface area contributed by atoms with Crippen molar-refractivity contribution in [2.75, 3.05) is 62.5 Å². The van der Waals surface area contributed by atoms with Crippen molar-refractivity contribution in [1.82, 2.24) is 19.9 Å². The Labute approximate surface area is 244 Å². The molecule has 1 aliphatic rings. The van der Waals surface area contributed by atoms with Crippen LogP contribution in [0.25, 0.3) is 11.3 Å². The first-order valence-corrected chi connectivity index (χ1v) is 13.7. The molecular weight excluding hydrogens is 549 g/mol. The van der Waals surface area contributed by atoms with Crippen molar-refractivity contribution in [3.63, 3.8) is 0 Å². The van der Waals surface area contributed by atoms with Gasteiger partial charge < -0.3 is 29.9 Å². The number of piperazine rings is 1. The summed E-state index contributed by atoms with van der Waals surface area (Å²) < 4.78 is 10.8. The van der Waals surface area contributed by atoms with Gasteiger partial charge in [0.1, 0.15) is 39.5 Å². The van der Waals surface area contributed by atoms with E-state index in [-0.39, 0.29) is 0 Å². The SMILES string of the molecule is CCN1CCN(c2ccc(Nc3cc(-c4cccnc4Nc4c(Cl)c(OC)cc(OC)c4Cl)ncn3)cc2)CC1. The van der Waals surface area contributed by atoms with Crippen molar-refractivity contribution < 1.29 is 9.47 Å². The van der Waals surface area contributed by atoms with Crippen LogP contribution in [0.15, 0.2) is 61.1 Å². The van der Waals surface area contributed by atoms with E-state index in [1.54, 1.807) is 12.3 Å². The lowest BCUT2D eigenvalue weighted by atomic mass is 10.1. The number of benzene rings is 2. The van der Waals surface area contributed by atoms with Gasteiger partial charge in [0.25, 0.3) is 0 Å². The fourth-order valence-electron chi connectivity index (χ4n) is 4.62. The lowest BCUT2D eigenvalue weighted by Crippen LogP contribution is -2.46. The minimum atomic E-state index is 0.311. The molecule has 0 unspecified atom stereocenters. The smallest absolute Gasteiger partial charge is 0.143 e. The molecule has 3 heterocycles. The van der Waals surface area contributed by atoms with Crippen molar-refractivity contribution in [2.24, 2.45) is 0 Å². The Morgan fingerprint density at radius 2 is 1.55 bits per heavy atom. The van der Waals surface area contributed by atoms with E-state index in [1.807, 2.05) is 18.2 Å². The molecule has 208 valence electrons. The predicted octanol–water partition coefficient (Wildman–Crippen LogP) is 6.49. The van der Waals surface area contributed by atoms with E-state index in [4.69, 9.17) is 32.7 Å². The van der Waals surface area contributed by atoms with Crippen LogP contribution in [0.2, 0.25) is 10.0 Å². The van der Waals surface area contributed by atoms with Gasteiger partial charge in [0.2, 0.25) is 0 Å². The van der Waals surface area contributed by atoms with Gasteiger partial charge in [0, 0.05) is 61.4 Å². The standard InChI is InChI=1S/C29H31Cl2N7O2/c1-4-37-12-14-38(15-13-37)20-9-7-19(8-10-20)35-25-16-22(33-18-34-25)21-6-5-11-32-29(21)36-28-26(30)23(39-2)17-24(40-3)27(28)31/h5-11,16-18H,4,12-15H2,1-3H3,(H,32,36)(H,33,34,35). The summed E-state index contributed by atoms with van der Waals surface area (Å²) in [4.78, 5) is 18.3. The Morgan fingerprint density at radius 1 is 0.850 bits per heavy atom. The van der Waals surface area contributed by atoms with Crippen LogP contribution in [-0.4, -0.2) is 66.8 Å². The first kappa shape index (κ1) is 27.8. The average Bonchev–Trinajstić information content (AvgIpc) is 3.00. The number of nitrogens with one attached hydrogen (secondary N) is 2. The van der Waals surface area contributed by atoms with Crippen LogP contribution in [0, 0.1) is 0 Å². The second-order valence-corrected chi connectivity index (χ2v) is 9.95. The number of hydrogen-bond acceptors (Lipinski definition) is 9. The molecular formula is C29H31Cl2N7O2. The van der Waals surface area contributed by atoms with E-state index in [0.29, 0.717) is 44.6 Å². The number of likely N-dealkylation sites (N-methyl/N-ethyl adjacent to an activating group) is 1. The summed E-state index contributed by atoms with van der Waals surface area (Å²) in [7, 11) is 3.06. The highest BCUT2D eigenvalue weighted by atomic mass is 35.5. The Balaban J connectivity index is 1.36. The van der Waals surface area contributed by atoms with Gasteiger partial charge in [-0.2, -0.15) is 0 Å². The molecule has 2 aromatic carbocycles. The fraction of sp³-hybridized carbons (Fsp3) is 0.276. The third-order valence-corrected chi connectivity index (χ3v) is 7.64. The maximum absolute atomic E-state index is 6.58. The first-order valence-electron chi connectivity index (χ1n) is 13.0. The lowest BCUT2D eigenvalue weighted by molar-refractivity contribution is 0.271. The molecule has 0 spiro atoms. The van der Waals surface area contributed by atoms with Gasteiger partial charge in [0.15, 0.2) is 0 Å². The van der Waals surface area contributed by atoms with E-state index in [1.165, 1.54) is 26.2 Å². The van der Waals surface area contributed by atoms with E-state index in [2.05, 4.69) is 66.6 Å². The average molecular weight is 581 g/mol. The summed E-state index contributed by atoms with van der Waals surface area (Å²) in [5, 5.41) is 7.25. The third-order valence-electron chi connectivity index (χ3n) is 6.89. The molecule has 0 atom stereocenters. The molecule has 11 heteroatoms. The Kier molecular flexibility index (Phi) is 8.74. The largest absolute Gasteiger partial charge is 0.495 e.